The van der Waals surface area contributed by atoms with Gasteiger partial charge in [0.05, 0.1) is 16.2 Å². The quantitative estimate of drug-likeness (QED) is 0.538. The van der Waals surface area contributed by atoms with E-state index in [0.717, 1.165) is 16.7 Å². The number of aromatic nitrogens is 2. The second-order valence-corrected chi connectivity index (χ2v) is 8.27. The van der Waals surface area contributed by atoms with Gasteiger partial charge in [0, 0.05) is 18.2 Å². The summed E-state index contributed by atoms with van der Waals surface area (Å²) >= 11 is 1.34. The van der Waals surface area contributed by atoms with Crippen LogP contribution in [0, 0.1) is 0 Å². The minimum absolute atomic E-state index is 0.0484. The molecule has 0 saturated carbocycles. The van der Waals surface area contributed by atoms with E-state index >= 15 is 0 Å². The largest absolute Gasteiger partial charge is 0.372 e. The lowest BCUT2D eigenvalue weighted by Gasteiger charge is -2.08. The molecule has 1 heterocycles. The molecule has 5 nitrogen and oxygen atoms in total. The summed E-state index contributed by atoms with van der Waals surface area (Å²) in [5.74, 6) is 1.19. The topological polar surface area (TPSA) is 72.0 Å². The maximum atomic E-state index is 12.3. The molecule has 0 fully saturated rings. The van der Waals surface area contributed by atoms with E-state index in [1.165, 1.54) is 11.8 Å². The Labute approximate surface area is 145 Å². The van der Waals surface area contributed by atoms with Crippen molar-refractivity contribution in [2.24, 2.45) is 0 Å². The zero-order chi connectivity index (χ0) is 17.0. The molecule has 0 saturated heterocycles. The second kappa shape index (κ2) is 7.19. The summed E-state index contributed by atoms with van der Waals surface area (Å²) in [7, 11) is -1.47. The lowest BCUT2D eigenvalue weighted by Crippen LogP contribution is -2.09. The molecule has 7 heteroatoms. The van der Waals surface area contributed by atoms with Crippen molar-refractivity contribution in [2.45, 2.75) is 10.1 Å². The summed E-state index contributed by atoms with van der Waals surface area (Å²) < 4.78 is 24.6. The molecule has 0 atom stereocenters. The number of nitrogens with one attached hydrogen (secondary N) is 1. The molecule has 0 aliphatic rings. The van der Waals surface area contributed by atoms with Crippen LogP contribution in [0.25, 0.3) is 10.9 Å². The Morgan fingerprint density at radius 1 is 1.00 bits per heavy atom. The number of hydrogen-bond donors (Lipinski definition) is 1. The van der Waals surface area contributed by atoms with Crippen LogP contribution in [0.2, 0.25) is 0 Å². The first-order valence-electron chi connectivity index (χ1n) is 7.45. The third-order valence-electron chi connectivity index (χ3n) is 3.51. The summed E-state index contributed by atoms with van der Waals surface area (Å²) in [6, 6.07) is 16.2. The van der Waals surface area contributed by atoms with Crippen molar-refractivity contribution in [1.82, 2.24) is 9.97 Å². The van der Waals surface area contributed by atoms with E-state index in [9.17, 15) is 8.42 Å². The smallest absolute Gasteiger partial charge is 0.190 e. The van der Waals surface area contributed by atoms with Gasteiger partial charge in [-0.1, -0.05) is 42.1 Å². The molecule has 0 unspecified atom stereocenters. The highest BCUT2D eigenvalue weighted by Crippen LogP contribution is 2.24. The predicted octanol–water partition coefficient (Wildman–Crippen LogP) is 3.24. The maximum Gasteiger partial charge on any atom is 0.190 e. The van der Waals surface area contributed by atoms with Crippen LogP contribution in [-0.2, 0) is 9.84 Å². The molecular formula is C17H17N3O2S2. The maximum absolute atomic E-state index is 12.3. The highest BCUT2D eigenvalue weighted by Gasteiger charge is 2.14. The number of hydrogen-bond acceptors (Lipinski definition) is 6. The fraction of sp³-hybridized carbons (Fsp3) is 0.176. The molecule has 2 aromatic carbocycles. The summed E-state index contributed by atoms with van der Waals surface area (Å²) in [5, 5.41) is 4.58. The first kappa shape index (κ1) is 16.7. The van der Waals surface area contributed by atoms with Crippen LogP contribution in [0.3, 0.4) is 0 Å². The van der Waals surface area contributed by atoms with Gasteiger partial charge in [-0.3, -0.25) is 0 Å². The van der Waals surface area contributed by atoms with Crippen molar-refractivity contribution in [1.29, 1.82) is 0 Å². The van der Waals surface area contributed by atoms with Crippen LogP contribution in [0.5, 0.6) is 0 Å². The van der Waals surface area contributed by atoms with Gasteiger partial charge in [-0.25, -0.2) is 18.4 Å². The van der Waals surface area contributed by atoms with Crippen molar-refractivity contribution in [3.05, 3.63) is 54.6 Å². The average molecular weight is 359 g/mol. The van der Waals surface area contributed by atoms with Gasteiger partial charge in [-0.15, -0.1) is 0 Å². The Hall–Kier alpha value is -2.12. The van der Waals surface area contributed by atoms with E-state index in [1.54, 1.807) is 30.3 Å². The third kappa shape index (κ3) is 3.68. The number of sulfone groups is 1. The van der Waals surface area contributed by atoms with Gasteiger partial charge in [0.1, 0.15) is 5.82 Å². The first-order chi connectivity index (χ1) is 11.6. The first-order valence-corrected chi connectivity index (χ1v) is 10.1. The normalized spacial score (nSPS) is 11.5. The van der Waals surface area contributed by atoms with Gasteiger partial charge in [0.2, 0.25) is 0 Å². The van der Waals surface area contributed by atoms with Crippen LogP contribution in [0.15, 0.2) is 64.6 Å². The number of fused-ring (bicyclic) bond motifs is 1. The van der Waals surface area contributed by atoms with E-state index in [4.69, 9.17) is 0 Å². The van der Waals surface area contributed by atoms with Crippen LogP contribution in [0.4, 0.5) is 5.82 Å². The van der Waals surface area contributed by atoms with E-state index in [2.05, 4.69) is 15.3 Å². The molecule has 0 radical (unpaired) electrons. The van der Waals surface area contributed by atoms with Gasteiger partial charge in [0.25, 0.3) is 0 Å². The SMILES string of the molecule is CNc1nc(SCCS(=O)(=O)c2ccccc2)nc2ccccc12. The molecule has 0 bridgehead atoms. The van der Waals surface area contributed by atoms with Crippen LogP contribution in [-0.4, -0.2) is 36.9 Å². The van der Waals surface area contributed by atoms with E-state index < -0.39 is 9.84 Å². The van der Waals surface area contributed by atoms with Crippen molar-refractivity contribution >= 4 is 38.3 Å². The summed E-state index contributed by atoms with van der Waals surface area (Å²) in [6.07, 6.45) is 0. The van der Waals surface area contributed by atoms with Gasteiger partial charge in [-0.05, 0) is 24.3 Å². The van der Waals surface area contributed by atoms with E-state index in [0.29, 0.717) is 15.8 Å². The number of thioether (sulfide) groups is 1. The van der Waals surface area contributed by atoms with E-state index in [-0.39, 0.29) is 5.75 Å². The zero-order valence-corrected chi connectivity index (χ0v) is 14.8. The Morgan fingerprint density at radius 2 is 1.71 bits per heavy atom. The van der Waals surface area contributed by atoms with Crippen molar-refractivity contribution in [3.8, 4) is 0 Å². The Morgan fingerprint density at radius 3 is 2.46 bits per heavy atom. The minimum atomic E-state index is -3.28. The number of benzene rings is 2. The van der Waals surface area contributed by atoms with Crippen LogP contribution < -0.4 is 5.32 Å². The van der Waals surface area contributed by atoms with Crippen molar-refractivity contribution < 1.29 is 8.42 Å². The molecular weight excluding hydrogens is 342 g/mol. The number of rotatable bonds is 6. The van der Waals surface area contributed by atoms with Gasteiger partial charge in [0.15, 0.2) is 15.0 Å². The van der Waals surface area contributed by atoms with Gasteiger partial charge < -0.3 is 5.32 Å². The monoisotopic (exact) mass is 359 g/mol. The van der Waals surface area contributed by atoms with Crippen molar-refractivity contribution in [2.75, 3.05) is 23.9 Å². The number of para-hydroxylation sites is 1. The number of nitrogens with zero attached hydrogens (tertiary/aromatic N) is 2. The molecule has 124 valence electrons. The molecule has 1 aromatic heterocycles. The molecule has 0 aliphatic heterocycles. The standard InChI is InChI=1S/C17H17N3O2S2/c1-18-16-14-9-5-6-10-15(14)19-17(20-16)23-11-12-24(21,22)13-7-3-2-4-8-13/h2-10H,11-12H2,1H3,(H,18,19,20). The fourth-order valence-electron chi connectivity index (χ4n) is 2.30. The highest BCUT2D eigenvalue weighted by atomic mass is 32.2. The summed E-state index contributed by atoms with van der Waals surface area (Å²) in [5.41, 5.74) is 0.838. The predicted molar refractivity (Wildman–Crippen MR) is 98.3 cm³/mol. The molecule has 3 aromatic rings. The lowest BCUT2D eigenvalue weighted by molar-refractivity contribution is 0.597. The lowest BCUT2D eigenvalue weighted by atomic mass is 10.2. The Balaban J connectivity index is 1.74. The molecule has 0 spiro atoms. The summed E-state index contributed by atoms with van der Waals surface area (Å²) in [4.78, 5) is 9.30. The second-order valence-electron chi connectivity index (χ2n) is 5.10. The molecule has 0 aliphatic carbocycles. The fourth-order valence-corrected chi connectivity index (χ4v) is 4.82. The minimum Gasteiger partial charge on any atom is -0.372 e. The molecule has 3 rings (SSSR count). The third-order valence-corrected chi connectivity index (χ3v) is 6.34. The average Bonchev–Trinajstić information content (AvgIpc) is 2.61. The molecule has 0 amide bonds. The van der Waals surface area contributed by atoms with Crippen molar-refractivity contribution in [3.63, 3.8) is 0 Å². The highest BCUT2D eigenvalue weighted by molar-refractivity contribution is 8.00. The van der Waals surface area contributed by atoms with E-state index in [1.807, 2.05) is 31.3 Å². The van der Waals surface area contributed by atoms with Gasteiger partial charge >= 0.3 is 0 Å². The Bertz CT molecular complexity index is 944. The van der Waals surface area contributed by atoms with Crippen LogP contribution >= 0.6 is 11.8 Å². The Kier molecular flexibility index (Phi) is 5.01. The zero-order valence-electron chi connectivity index (χ0n) is 13.1. The number of anilines is 1. The van der Waals surface area contributed by atoms with Gasteiger partial charge in [-0.2, -0.15) is 0 Å². The molecule has 24 heavy (non-hydrogen) atoms. The summed E-state index contributed by atoms with van der Waals surface area (Å²) in [6.45, 7) is 0. The van der Waals surface area contributed by atoms with Crippen LogP contribution in [0.1, 0.15) is 0 Å². The molecule has 1 N–H and O–H groups in total.